The molecule has 0 saturated carbocycles. The Balaban J connectivity index is 1.57. The zero-order chi connectivity index (χ0) is 16.5. The first-order valence-electron chi connectivity index (χ1n) is 7.81. The highest BCUT2D eigenvalue weighted by atomic mass is 32.2. The van der Waals surface area contributed by atoms with E-state index < -0.39 is 0 Å². The van der Waals surface area contributed by atoms with Crippen LogP contribution < -0.4 is 5.32 Å². The molecule has 1 unspecified atom stereocenters. The highest BCUT2D eigenvalue weighted by molar-refractivity contribution is 7.99. The summed E-state index contributed by atoms with van der Waals surface area (Å²) in [4.78, 5) is 16.6. The molecule has 1 atom stereocenters. The standard InChI is InChI=1S/C19H17N3OS/c1-13-4-6-14(7-5-13)18(23)21-16-8-10-22-17(16)12-24-19(22)15-3-2-9-20-11-15/h2-11,19H,12H2,1H3,(H,21,23). The molecule has 1 amide bonds. The number of rotatable bonds is 3. The van der Waals surface area contributed by atoms with E-state index >= 15 is 0 Å². The number of benzene rings is 1. The maximum Gasteiger partial charge on any atom is 0.255 e. The summed E-state index contributed by atoms with van der Waals surface area (Å²) < 4.78 is 2.21. The number of thioether (sulfide) groups is 1. The van der Waals surface area contributed by atoms with Crippen molar-refractivity contribution in [2.75, 3.05) is 5.32 Å². The molecule has 1 aromatic carbocycles. The molecule has 5 heteroatoms. The first-order chi connectivity index (χ1) is 11.7. The summed E-state index contributed by atoms with van der Waals surface area (Å²) in [6.45, 7) is 2.01. The third-order valence-corrected chi connectivity index (χ3v) is 5.44. The van der Waals surface area contributed by atoms with Crippen LogP contribution in [-0.4, -0.2) is 15.5 Å². The molecule has 0 spiro atoms. The van der Waals surface area contributed by atoms with Crippen LogP contribution in [0.25, 0.3) is 0 Å². The molecule has 2 aromatic heterocycles. The minimum absolute atomic E-state index is 0.0705. The van der Waals surface area contributed by atoms with Gasteiger partial charge in [0.05, 0.1) is 11.4 Å². The third-order valence-electron chi connectivity index (χ3n) is 4.19. The second-order valence-corrected chi connectivity index (χ2v) is 6.92. The number of hydrogen-bond acceptors (Lipinski definition) is 3. The van der Waals surface area contributed by atoms with Gasteiger partial charge in [0, 0.05) is 35.5 Å². The predicted octanol–water partition coefficient (Wildman–Crippen LogP) is 4.24. The van der Waals surface area contributed by atoms with Crippen LogP contribution in [0.5, 0.6) is 0 Å². The number of aromatic nitrogens is 2. The quantitative estimate of drug-likeness (QED) is 0.779. The number of fused-ring (bicyclic) bond motifs is 1. The molecule has 3 aromatic rings. The largest absolute Gasteiger partial charge is 0.332 e. The second kappa shape index (κ2) is 6.17. The van der Waals surface area contributed by atoms with Crippen molar-refractivity contribution < 1.29 is 4.79 Å². The van der Waals surface area contributed by atoms with E-state index in [1.165, 1.54) is 5.56 Å². The summed E-state index contributed by atoms with van der Waals surface area (Å²) >= 11 is 1.84. The Bertz CT molecular complexity index is 871. The van der Waals surface area contributed by atoms with Gasteiger partial charge in [0.2, 0.25) is 0 Å². The van der Waals surface area contributed by atoms with E-state index in [1.54, 1.807) is 6.20 Å². The summed E-state index contributed by atoms with van der Waals surface area (Å²) in [6, 6.07) is 13.6. The maximum absolute atomic E-state index is 12.4. The molecule has 0 saturated heterocycles. The Kier molecular flexibility index (Phi) is 3.86. The minimum atomic E-state index is -0.0705. The number of amides is 1. The molecule has 1 N–H and O–H groups in total. The van der Waals surface area contributed by atoms with Crippen molar-refractivity contribution in [1.82, 2.24) is 9.55 Å². The molecule has 24 heavy (non-hydrogen) atoms. The van der Waals surface area contributed by atoms with E-state index in [2.05, 4.69) is 20.9 Å². The van der Waals surface area contributed by atoms with Crippen LogP contribution in [0.15, 0.2) is 61.1 Å². The molecule has 0 bridgehead atoms. The van der Waals surface area contributed by atoms with Crippen molar-refractivity contribution in [2.45, 2.75) is 18.1 Å². The third kappa shape index (κ3) is 2.71. The van der Waals surface area contributed by atoms with E-state index in [1.807, 2.05) is 67.5 Å². The minimum Gasteiger partial charge on any atom is -0.332 e. The summed E-state index contributed by atoms with van der Waals surface area (Å²) in [5.41, 5.74) is 5.03. The smallest absolute Gasteiger partial charge is 0.255 e. The highest BCUT2D eigenvalue weighted by Crippen LogP contribution is 2.43. The topological polar surface area (TPSA) is 46.9 Å². The number of hydrogen-bond donors (Lipinski definition) is 1. The van der Waals surface area contributed by atoms with Crippen molar-refractivity contribution >= 4 is 23.4 Å². The van der Waals surface area contributed by atoms with Gasteiger partial charge in [-0.2, -0.15) is 0 Å². The van der Waals surface area contributed by atoms with Crippen LogP contribution in [-0.2, 0) is 5.75 Å². The number of anilines is 1. The Labute approximate surface area is 144 Å². The Morgan fingerprint density at radius 2 is 2.08 bits per heavy atom. The average molecular weight is 335 g/mol. The fourth-order valence-electron chi connectivity index (χ4n) is 2.88. The molecule has 4 nitrogen and oxygen atoms in total. The van der Waals surface area contributed by atoms with Crippen LogP contribution in [0.2, 0.25) is 0 Å². The van der Waals surface area contributed by atoms with Gasteiger partial charge in [0.25, 0.3) is 5.91 Å². The molecular weight excluding hydrogens is 318 g/mol. The lowest BCUT2D eigenvalue weighted by molar-refractivity contribution is 0.102. The summed E-state index contributed by atoms with van der Waals surface area (Å²) in [7, 11) is 0. The lowest BCUT2D eigenvalue weighted by Crippen LogP contribution is -2.12. The zero-order valence-electron chi connectivity index (χ0n) is 13.3. The molecule has 3 heterocycles. The van der Waals surface area contributed by atoms with Crippen molar-refractivity contribution in [1.29, 1.82) is 0 Å². The van der Waals surface area contributed by atoms with Crippen LogP contribution in [0.3, 0.4) is 0 Å². The van der Waals surface area contributed by atoms with E-state index in [-0.39, 0.29) is 11.3 Å². The summed E-state index contributed by atoms with van der Waals surface area (Å²) in [5, 5.41) is 3.26. The van der Waals surface area contributed by atoms with Crippen LogP contribution in [0.1, 0.15) is 32.6 Å². The number of carbonyl (C=O) groups is 1. The van der Waals surface area contributed by atoms with Gasteiger partial charge in [-0.1, -0.05) is 23.8 Å². The first-order valence-corrected chi connectivity index (χ1v) is 8.86. The van der Waals surface area contributed by atoms with Gasteiger partial charge in [-0.05, 0) is 31.2 Å². The van der Waals surface area contributed by atoms with Crippen molar-refractivity contribution in [3.05, 3.63) is 83.4 Å². The molecule has 0 fully saturated rings. The summed E-state index contributed by atoms with van der Waals surface area (Å²) in [5.74, 6) is 0.801. The number of nitrogens with one attached hydrogen (secondary N) is 1. The van der Waals surface area contributed by atoms with Crippen molar-refractivity contribution in [3.63, 3.8) is 0 Å². The van der Waals surface area contributed by atoms with Gasteiger partial charge < -0.3 is 9.88 Å². The van der Waals surface area contributed by atoms with Crippen LogP contribution in [0.4, 0.5) is 5.69 Å². The number of aryl methyl sites for hydroxylation is 1. The number of nitrogens with zero attached hydrogens (tertiary/aromatic N) is 2. The average Bonchev–Trinajstić information content (AvgIpc) is 3.19. The first kappa shape index (κ1) is 15.0. The fraction of sp³-hybridized carbons (Fsp3) is 0.158. The normalized spacial score (nSPS) is 16.0. The molecule has 120 valence electrons. The number of pyridine rings is 1. The highest BCUT2D eigenvalue weighted by Gasteiger charge is 2.26. The van der Waals surface area contributed by atoms with Crippen molar-refractivity contribution in [2.24, 2.45) is 0 Å². The molecule has 0 aliphatic carbocycles. The van der Waals surface area contributed by atoms with Gasteiger partial charge in [-0.3, -0.25) is 9.78 Å². The molecule has 1 aliphatic rings. The molecule has 4 rings (SSSR count). The second-order valence-electron chi connectivity index (χ2n) is 5.85. The Morgan fingerprint density at radius 1 is 1.25 bits per heavy atom. The lowest BCUT2D eigenvalue weighted by Gasteiger charge is -2.12. The molecule has 1 aliphatic heterocycles. The maximum atomic E-state index is 12.4. The van der Waals surface area contributed by atoms with Gasteiger partial charge in [-0.15, -0.1) is 11.8 Å². The Morgan fingerprint density at radius 3 is 2.83 bits per heavy atom. The Hall–Kier alpha value is -2.53. The molecular formula is C19H17N3OS. The van der Waals surface area contributed by atoms with E-state index in [0.29, 0.717) is 5.56 Å². The van der Waals surface area contributed by atoms with Gasteiger partial charge in [0.1, 0.15) is 5.37 Å². The fourth-order valence-corrected chi connectivity index (χ4v) is 4.19. The zero-order valence-corrected chi connectivity index (χ0v) is 14.1. The SMILES string of the molecule is Cc1ccc(C(=O)Nc2ccn3c2CSC3c2cccnc2)cc1. The van der Waals surface area contributed by atoms with Gasteiger partial charge in [-0.25, -0.2) is 0 Å². The number of carbonyl (C=O) groups excluding carboxylic acids is 1. The van der Waals surface area contributed by atoms with E-state index in [0.717, 1.165) is 22.7 Å². The van der Waals surface area contributed by atoms with Crippen molar-refractivity contribution in [3.8, 4) is 0 Å². The van der Waals surface area contributed by atoms with Crippen LogP contribution >= 0.6 is 11.8 Å². The molecule has 0 radical (unpaired) electrons. The predicted molar refractivity (Wildman–Crippen MR) is 97.2 cm³/mol. The van der Waals surface area contributed by atoms with E-state index in [9.17, 15) is 4.79 Å². The van der Waals surface area contributed by atoms with Crippen LogP contribution in [0, 0.1) is 6.92 Å². The monoisotopic (exact) mass is 335 g/mol. The van der Waals surface area contributed by atoms with Gasteiger partial charge >= 0.3 is 0 Å². The lowest BCUT2D eigenvalue weighted by atomic mass is 10.1. The van der Waals surface area contributed by atoms with Gasteiger partial charge in [0.15, 0.2) is 0 Å². The van der Waals surface area contributed by atoms with E-state index in [4.69, 9.17) is 0 Å². The summed E-state index contributed by atoms with van der Waals surface area (Å²) in [6.07, 6.45) is 5.72.